The van der Waals surface area contributed by atoms with Gasteiger partial charge in [0.05, 0.1) is 6.04 Å². The van der Waals surface area contributed by atoms with Gasteiger partial charge in [-0.05, 0) is 49.1 Å². The number of aryl methyl sites for hydroxylation is 1. The van der Waals surface area contributed by atoms with Gasteiger partial charge >= 0.3 is 0 Å². The van der Waals surface area contributed by atoms with E-state index in [9.17, 15) is 4.79 Å². The number of aromatic nitrogens is 1. The van der Waals surface area contributed by atoms with Gasteiger partial charge in [0, 0.05) is 24.5 Å². The van der Waals surface area contributed by atoms with Gasteiger partial charge in [0.2, 0.25) is 0 Å². The van der Waals surface area contributed by atoms with E-state index in [1.54, 1.807) is 0 Å². The normalized spacial score (nSPS) is 18.2. The molecular weight excluding hydrogens is 248 g/mol. The summed E-state index contributed by atoms with van der Waals surface area (Å²) in [4.78, 5) is 18.8. The maximum atomic E-state index is 12.7. The number of rotatable bonds is 2. The lowest BCUT2D eigenvalue weighted by atomic mass is 10.0. The molecule has 1 fully saturated rings. The second kappa shape index (κ2) is 5.45. The van der Waals surface area contributed by atoms with Crippen LogP contribution in [0.15, 0.2) is 48.8 Å². The molecule has 0 aliphatic carbocycles. The number of likely N-dealkylation sites (tertiary alicyclic amines) is 1. The molecule has 1 atom stereocenters. The molecule has 1 amide bonds. The molecule has 0 N–H and O–H groups in total. The zero-order chi connectivity index (χ0) is 13.9. The van der Waals surface area contributed by atoms with Gasteiger partial charge in [0.25, 0.3) is 5.91 Å². The molecule has 1 aromatic carbocycles. The number of hydrogen-bond acceptors (Lipinski definition) is 2. The summed E-state index contributed by atoms with van der Waals surface area (Å²) in [5.41, 5.74) is 3.15. The molecule has 1 saturated heterocycles. The van der Waals surface area contributed by atoms with Crippen LogP contribution in [-0.2, 0) is 0 Å². The number of carbonyl (C=O) groups is 1. The van der Waals surface area contributed by atoms with E-state index in [2.05, 4.69) is 11.9 Å². The van der Waals surface area contributed by atoms with E-state index in [1.807, 2.05) is 53.7 Å². The molecule has 1 aliphatic heterocycles. The van der Waals surface area contributed by atoms with Crippen molar-refractivity contribution in [3.05, 3.63) is 65.5 Å². The first kappa shape index (κ1) is 12.9. The SMILES string of the molecule is Cc1cnccc1C1CCCN1C(=O)c1ccccc1. The second-order valence-corrected chi connectivity index (χ2v) is 5.25. The van der Waals surface area contributed by atoms with Crippen molar-refractivity contribution in [3.63, 3.8) is 0 Å². The Kier molecular flexibility index (Phi) is 3.50. The highest BCUT2D eigenvalue weighted by atomic mass is 16.2. The summed E-state index contributed by atoms with van der Waals surface area (Å²) in [6, 6.07) is 11.8. The standard InChI is InChI=1S/C17H18N2O/c1-13-12-18-10-9-15(13)16-8-5-11-19(16)17(20)14-6-3-2-4-7-14/h2-4,6-7,9-10,12,16H,5,8,11H2,1H3. The van der Waals surface area contributed by atoms with Crippen LogP contribution >= 0.6 is 0 Å². The minimum atomic E-state index is 0.129. The fourth-order valence-corrected chi connectivity index (χ4v) is 2.94. The number of nitrogens with zero attached hydrogens (tertiary/aromatic N) is 2. The highest BCUT2D eigenvalue weighted by Gasteiger charge is 2.31. The summed E-state index contributed by atoms with van der Waals surface area (Å²) in [6.07, 6.45) is 5.78. The van der Waals surface area contributed by atoms with Crippen molar-refractivity contribution in [1.82, 2.24) is 9.88 Å². The predicted octanol–water partition coefficient (Wildman–Crippen LogP) is 3.37. The van der Waals surface area contributed by atoms with Gasteiger partial charge in [0.1, 0.15) is 0 Å². The summed E-state index contributed by atoms with van der Waals surface area (Å²) in [5, 5.41) is 0. The van der Waals surface area contributed by atoms with Crippen molar-refractivity contribution in [2.45, 2.75) is 25.8 Å². The average molecular weight is 266 g/mol. The highest BCUT2D eigenvalue weighted by molar-refractivity contribution is 5.94. The lowest BCUT2D eigenvalue weighted by Crippen LogP contribution is -2.30. The maximum Gasteiger partial charge on any atom is 0.254 e. The lowest BCUT2D eigenvalue weighted by molar-refractivity contribution is 0.0735. The van der Waals surface area contributed by atoms with Crippen molar-refractivity contribution >= 4 is 5.91 Å². The Morgan fingerprint density at radius 2 is 2.05 bits per heavy atom. The van der Waals surface area contributed by atoms with E-state index in [-0.39, 0.29) is 11.9 Å². The third-order valence-corrected chi connectivity index (χ3v) is 3.96. The smallest absolute Gasteiger partial charge is 0.254 e. The topological polar surface area (TPSA) is 33.2 Å². The van der Waals surface area contributed by atoms with Crippen LogP contribution in [-0.4, -0.2) is 22.3 Å². The molecule has 3 rings (SSSR count). The summed E-state index contributed by atoms with van der Waals surface area (Å²) in [7, 11) is 0. The molecule has 102 valence electrons. The van der Waals surface area contributed by atoms with Crippen LogP contribution in [0, 0.1) is 6.92 Å². The number of pyridine rings is 1. The van der Waals surface area contributed by atoms with E-state index in [4.69, 9.17) is 0 Å². The number of carbonyl (C=O) groups excluding carboxylic acids is 1. The molecular formula is C17H18N2O. The van der Waals surface area contributed by atoms with Gasteiger partial charge in [-0.3, -0.25) is 9.78 Å². The van der Waals surface area contributed by atoms with E-state index in [0.717, 1.165) is 30.5 Å². The maximum absolute atomic E-state index is 12.7. The van der Waals surface area contributed by atoms with Crippen molar-refractivity contribution in [1.29, 1.82) is 0 Å². The quantitative estimate of drug-likeness (QED) is 0.835. The average Bonchev–Trinajstić information content (AvgIpc) is 2.97. The zero-order valence-electron chi connectivity index (χ0n) is 11.6. The number of hydrogen-bond donors (Lipinski definition) is 0. The van der Waals surface area contributed by atoms with Crippen molar-refractivity contribution < 1.29 is 4.79 Å². The van der Waals surface area contributed by atoms with Crippen LogP contribution < -0.4 is 0 Å². The van der Waals surface area contributed by atoms with Crippen molar-refractivity contribution in [2.75, 3.05) is 6.54 Å². The van der Waals surface area contributed by atoms with Gasteiger partial charge < -0.3 is 4.90 Å². The summed E-state index contributed by atoms with van der Waals surface area (Å²) >= 11 is 0. The van der Waals surface area contributed by atoms with Crippen LogP contribution in [0.3, 0.4) is 0 Å². The Morgan fingerprint density at radius 3 is 2.80 bits per heavy atom. The van der Waals surface area contributed by atoms with Gasteiger partial charge in [0.15, 0.2) is 0 Å². The third-order valence-electron chi connectivity index (χ3n) is 3.96. The van der Waals surface area contributed by atoms with E-state index in [1.165, 1.54) is 5.56 Å². The molecule has 0 bridgehead atoms. The minimum absolute atomic E-state index is 0.129. The lowest BCUT2D eigenvalue weighted by Gasteiger charge is -2.26. The molecule has 3 nitrogen and oxygen atoms in total. The molecule has 2 aromatic rings. The second-order valence-electron chi connectivity index (χ2n) is 5.25. The summed E-state index contributed by atoms with van der Waals surface area (Å²) < 4.78 is 0. The Morgan fingerprint density at radius 1 is 1.25 bits per heavy atom. The Bertz CT molecular complexity index is 609. The van der Waals surface area contributed by atoms with Crippen LogP contribution in [0.1, 0.15) is 40.4 Å². The van der Waals surface area contributed by atoms with Gasteiger partial charge in [-0.2, -0.15) is 0 Å². The Labute approximate surface area is 119 Å². The molecule has 3 heteroatoms. The molecule has 0 spiro atoms. The zero-order valence-corrected chi connectivity index (χ0v) is 11.6. The molecule has 20 heavy (non-hydrogen) atoms. The fraction of sp³-hybridized carbons (Fsp3) is 0.294. The van der Waals surface area contributed by atoms with Crippen molar-refractivity contribution in [3.8, 4) is 0 Å². The van der Waals surface area contributed by atoms with E-state index >= 15 is 0 Å². The molecule has 0 radical (unpaired) electrons. The number of amides is 1. The van der Waals surface area contributed by atoms with Crippen LogP contribution in [0.5, 0.6) is 0 Å². The third kappa shape index (κ3) is 2.31. The predicted molar refractivity (Wildman–Crippen MR) is 78.4 cm³/mol. The fourth-order valence-electron chi connectivity index (χ4n) is 2.94. The first-order valence-corrected chi connectivity index (χ1v) is 7.04. The molecule has 1 aromatic heterocycles. The van der Waals surface area contributed by atoms with Crippen LogP contribution in [0.2, 0.25) is 0 Å². The summed E-state index contributed by atoms with van der Waals surface area (Å²) in [6.45, 7) is 2.89. The summed E-state index contributed by atoms with van der Waals surface area (Å²) in [5.74, 6) is 0.129. The van der Waals surface area contributed by atoms with Gasteiger partial charge in [-0.25, -0.2) is 0 Å². The first-order chi connectivity index (χ1) is 9.77. The highest BCUT2D eigenvalue weighted by Crippen LogP contribution is 2.34. The molecule has 1 aliphatic rings. The molecule has 0 saturated carbocycles. The molecule has 1 unspecified atom stereocenters. The minimum Gasteiger partial charge on any atom is -0.332 e. The largest absolute Gasteiger partial charge is 0.332 e. The Balaban J connectivity index is 1.90. The molecule has 2 heterocycles. The first-order valence-electron chi connectivity index (χ1n) is 7.04. The van der Waals surface area contributed by atoms with E-state index < -0.39 is 0 Å². The van der Waals surface area contributed by atoms with Crippen molar-refractivity contribution in [2.24, 2.45) is 0 Å². The number of benzene rings is 1. The van der Waals surface area contributed by atoms with Gasteiger partial charge in [-0.1, -0.05) is 18.2 Å². The Hall–Kier alpha value is -2.16. The van der Waals surface area contributed by atoms with Crippen LogP contribution in [0.4, 0.5) is 0 Å². The van der Waals surface area contributed by atoms with E-state index in [0.29, 0.717) is 0 Å². The van der Waals surface area contributed by atoms with Gasteiger partial charge in [-0.15, -0.1) is 0 Å². The van der Waals surface area contributed by atoms with Crippen LogP contribution in [0.25, 0.3) is 0 Å². The monoisotopic (exact) mass is 266 g/mol.